The van der Waals surface area contributed by atoms with Crippen LogP contribution in [0.5, 0.6) is 0 Å². The van der Waals surface area contributed by atoms with Gasteiger partial charge in [0, 0.05) is 29.4 Å². The van der Waals surface area contributed by atoms with Gasteiger partial charge in [0.2, 0.25) is 5.92 Å². The SMILES string of the molecule is CCNC(CSC(C)(C)C)CC1CCC(F)(F)C1. The Morgan fingerprint density at radius 1 is 1.39 bits per heavy atom. The van der Waals surface area contributed by atoms with Gasteiger partial charge < -0.3 is 5.32 Å². The molecule has 0 amide bonds. The summed E-state index contributed by atoms with van der Waals surface area (Å²) in [5.74, 6) is -1.19. The zero-order valence-corrected chi connectivity index (χ0v) is 12.9. The lowest BCUT2D eigenvalue weighted by Crippen LogP contribution is -2.34. The van der Waals surface area contributed by atoms with Crippen LogP contribution in [0.25, 0.3) is 0 Å². The molecular formula is C14H27F2NS. The summed E-state index contributed by atoms with van der Waals surface area (Å²) in [6.07, 6.45) is 1.76. The summed E-state index contributed by atoms with van der Waals surface area (Å²) >= 11 is 1.91. The molecule has 0 radical (unpaired) electrons. The summed E-state index contributed by atoms with van der Waals surface area (Å²) in [5.41, 5.74) is 0. The maximum absolute atomic E-state index is 13.2. The highest BCUT2D eigenvalue weighted by molar-refractivity contribution is 8.00. The van der Waals surface area contributed by atoms with Crippen LogP contribution in [-0.4, -0.2) is 29.0 Å². The zero-order chi connectivity index (χ0) is 13.8. The maximum Gasteiger partial charge on any atom is 0.248 e. The molecule has 1 rings (SSSR count). The number of rotatable bonds is 6. The van der Waals surface area contributed by atoms with Gasteiger partial charge in [0.25, 0.3) is 0 Å². The Hall–Kier alpha value is 0.170. The Morgan fingerprint density at radius 3 is 2.50 bits per heavy atom. The first kappa shape index (κ1) is 16.2. The average molecular weight is 279 g/mol. The van der Waals surface area contributed by atoms with Crippen molar-refractivity contribution in [1.82, 2.24) is 5.32 Å². The van der Waals surface area contributed by atoms with Crippen molar-refractivity contribution in [2.75, 3.05) is 12.3 Å². The molecule has 0 bridgehead atoms. The molecule has 2 atom stereocenters. The molecule has 4 heteroatoms. The summed E-state index contributed by atoms with van der Waals surface area (Å²) in [5, 5.41) is 3.44. The third-order valence-corrected chi connectivity index (χ3v) is 4.77. The van der Waals surface area contributed by atoms with Gasteiger partial charge in [0.15, 0.2) is 0 Å². The molecule has 0 saturated heterocycles. The van der Waals surface area contributed by atoms with Gasteiger partial charge in [-0.25, -0.2) is 8.78 Å². The van der Waals surface area contributed by atoms with E-state index in [1.165, 1.54) is 0 Å². The Labute approximate surface area is 114 Å². The Bertz CT molecular complexity index is 251. The highest BCUT2D eigenvalue weighted by atomic mass is 32.2. The highest BCUT2D eigenvalue weighted by Crippen LogP contribution is 2.41. The van der Waals surface area contributed by atoms with Crippen LogP contribution in [0.1, 0.15) is 53.4 Å². The largest absolute Gasteiger partial charge is 0.313 e. The van der Waals surface area contributed by atoms with Crippen molar-refractivity contribution in [3.05, 3.63) is 0 Å². The predicted octanol–water partition coefficient (Wildman–Crippen LogP) is 4.32. The van der Waals surface area contributed by atoms with Crippen molar-refractivity contribution >= 4 is 11.8 Å². The van der Waals surface area contributed by atoms with E-state index in [0.29, 0.717) is 12.5 Å². The van der Waals surface area contributed by atoms with Crippen LogP contribution in [0.4, 0.5) is 8.78 Å². The van der Waals surface area contributed by atoms with Gasteiger partial charge in [0.1, 0.15) is 0 Å². The van der Waals surface area contributed by atoms with Crippen LogP contribution in [0.3, 0.4) is 0 Å². The molecule has 1 N–H and O–H groups in total. The Balaban J connectivity index is 2.38. The van der Waals surface area contributed by atoms with E-state index in [1.54, 1.807) is 0 Å². The van der Waals surface area contributed by atoms with E-state index in [2.05, 4.69) is 33.0 Å². The molecule has 2 unspecified atom stereocenters. The average Bonchev–Trinajstić information content (AvgIpc) is 2.54. The molecule has 1 aliphatic carbocycles. The lowest BCUT2D eigenvalue weighted by molar-refractivity contribution is 0.00443. The van der Waals surface area contributed by atoms with Crippen molar-refractivity contribution in [3.63, 3.8) is 0 Å². The van der Waals surface area contributed by atoms with E-state index in [0.717, 1.165) is 18.7 Å². The number of nitrogens with one attached hydrogen (secondary N) is 1. The molecule has 1 nitrogen and oxygen atoms in total. The first-order chi connectivity index (χ1) is 8.22. The van der Waals surface area contributed by atoms with Crippen LogP contribution in [-0.2, 0) is 0 Å². The van der Waals surface area contributed by atoms with Crippen molar-refractivity contribution in [3.8, 4) is 0 Å². The van der Waals surface area contributed by atoms with Crippen LogP contribution in [0, 0.1) is 5.92 Å². The first-order valence-electron chi connectivity index (χ1n) is 6.97. The van der Waals surface area contributed by atoms with Crippen molar-refractivity contribution in [2.24, 2.45) is 5.92 Å². The molecule has 0 heterocycles. The number of alkyl halides is 2. The minimum atomic E-state index is -2.40. The summed E-state index contributed by atoms with van der Waals surface area (Å²) < 4.78 is 26.6. The summed E-state index contributed by atoms with van der Waals surface area (Å²) in [4.78, 5) is 0. The fourth-order valence-corrected chi connectivity index (χ4v) is 3.45. The highest BCUT2D eigenvalue weighted by Gasteiger charge is 2.39. The van der Waals surface area contributed by atoms with Gasteiger partial charge in [-0.15, -0.1) is 0 Å². The second-order valence-corrected chi connectivity index (χ2v) is 8.23. The number of thioether (sulfide) groups is 1. The normalized spacial score (nSPS) is 25.3. The van der Waals surface area contributed by atoms with Crippen LogP contribution in [0.2, 0.25) is 0 Å². The fourth-order valence-electron chi connectivity index (χ4n) is 2.49. The van der Waals surface area contributed by atoms with Gasteiger partial charge in [-0.05, 0) is 25.3 Å². The van der Waals surface area contributed by atoms with Crippen LogP contribution >= 0.6 is 11.8 Å². The molecule has 0 aromatic carbocycles. The van der Waals surface area contributed by atoms with Gasteiger partial charge in [-0.3, -0.25) is 0 Å². The van der Waals surface area contributed by atoms with E-state index < -0.39 is 5.92 Å². The molecule has 1 saturated carbocycles. The molecule has 0 spiro atoms. The Kier molecular flexibility index (Phi) is 5.91. The van der Waals surface area contributed by atoms with Crippen LogP contribution in [0.15, 0.2) is 0 Å². The van der Waals surface area contributed by atoms with Crippen molar-refractivity contribution in [1.29, 1.82) is 0 Å². The monoisotopic (exact) mass is 279 g/mol. The second-order valence-electron chi connectivity index (χ2n) is 6.38. The topological polar surface area (TPSA) is 12.0 Å². The third-order valence-electron chi connectivity index (χ3n) is 3.33. The minimum Gasteiger partial charge on any atom is -0.313 e. The van der Waals surface area contributed by atoms with Crippen molar-refractivity contribution in [2.45, 2.75) is 70.1 Å². The summed E-state index contributed by atoms with van der Waals surface area (Å²) in [6.45, 7) is 9.59. The van der Waals surface area contributed by atoms with Gasteiger partial charge in [0.05, 0.1) is 0 Å². The molecule has 18 heavy (non-hydrogen) atoms. The third kappa shape index (κ3) is 6.37. The quantitative estimate of drug-likeness (QED) is 0.777. The standard InChI is InChI=1S/C14H27F2NS/c1-5-17-12(10-18-13(2,3)4)8-11-6-7-14(15,16)9-11/h11-12,17H,5-10H2,1-4H3. The summed E-state index contributed by atoms with van der Waals surface area (Å²) in [6, 6.07) is 0.373. The van der Waals surface area contributed by atoms with E-state index in [4.69, 9.17) is 0 Å². The molecule has 1 fully saturated rings. The summed E-state index contributed by atoms with van der Waals surface area (Å²) in [7, 11) is 0. The van der Waals surface area contributed by atoms with Gasteiger partial charge in [-0.1, -0.05) is 27.7 Å². The minimum absolute atomic E-state index is 0.0862. The van der Waals surface area contributed by atoms with Crippen molar-refractivity contribution < 1.29 is 8.78 Å². The van der Waals surface area contributed by atoms with E-state index in [1.807, 2.05) is 11.8 Å². The first-order valence-corrected chi connectivity index (χ1v) is 7.95. The van der Waals surface area contributed by atoms with Gasteiger partial charge in [-0.2, -0.15) is 11.8 Å². The smallest absolute Gasteiger partial charge is 0.248 e. The zero-order valence-electron chi connectivity index (χ0n) is 12.1. The lowest BCUT2D eigenvalue weighted by Gasteiger charge is -2.25. The molecule has 0 aliphatic heterocycles. The molecule has 0 aromatic rings. The van der Waals surface area contributed by atoms with E-state index in [-0.39, 0.29) is 23.5 Å². The predicted molar refractivity (Wildman–Crippen MR) is 76.6 cm³/mol. The van der Waals surface area contributed by atoms with E-state index in [9.17, 15) is 8.78 Å². The number of halogens is 2. The second kappa shape index (κ2) is 6.56. The molecule has 1 aliphatic rings. The Morgan fingerprint density at radius 2 is 2.06 bits per heavy atom. The maximum atomic E-state index is 13.2. The fraction of sp³-hybridized carbons (Fsp3) is 1.00. The number of hydrogen-bond donors (Lipinski definition) is 1. The molecule has 0 aromatic heterocycles. The number of hydrogen-bond acceptors (Lipinski definition) is 2. The van der Waals surface area contributed by atoms with Crippen LogP contribution < -0.4 is 5.32 Å². The lowest BCUT2D eigenvalue weighted by atomic mass is 9.99. The van der Waals surface area contributed by atoms with E-state index >= 15 is 0 Å². The molecular weight excluding hydrogens is 252 g/mol. The van der Waals surface area contributed by atoms with Gasteiger partial charge >= 0.3 is 0 Å². The molecule has 108 valence electrons.